The third-order valence-corrected chi connectivity index (χ3v) is 6.14. The highest BCUT2D eigenvalue weighted by Gasteiger charge is 2.50. The van der Waals surface area contributed by atoms with Crippen molar-refractivity contribution >= 4 is 33.2 Å². The number of nitrogens with zero attached hydrogens (tertiary/aromatic N) is 1. The summed E-state index contributed by atoms with van der Waals surface area (Å²) in [7, 11) is 0. The second-order valence-corrected chi connectivity index (χ2v) is 7.66. The quantitative estimate of drug-likeness (QED) is 0.671. The summed E-state index contributed by atoms with van der Waals surface area (Å²) in [5, 5.41) is 0.818. The van der Waals surface area contributed by atoms with Gasteiger partial charge in [-0.1, -0.05) is 39.3 Å². The van der Waals surface area contributed by atoms with Crippen LogP contribution in [0.1, 0.15) is 46.6 Å². The fourth-order valence-electron chi connectivity index (χ4n) is 3.46. The highest BCUT2D eigenvalue weighted by Crippen LogP contribution is 2.56. The van der Waals surface area contributed by atoms with Gasteiger partial charge in [-0.2, -0.15) is 0 Å². The van der Waals surface area contributed by atoms with Crippen LogP contribution in [0.2, 0.25) is 5.02 Å². The van der Waals surface area contributed by atoms with Gasteiger partial charge in [0.15, 0.2) is 0 Å². The Balaban J connectivity index is 2.74. The first-order valence-corrected chi connectivity index (χ1v) is 8.19. The summed E-state index contributed by atoms with van der Waals surface area (Å²) in [6.07, 6.45) is 1.12. The van der Waals surface area contributed by atoms with E-state index in [1.54, 1.807) is 0 Å². The molecule has 1 aliphatic rings. The van der Waals surface area contributed by atoms with E-state index < -0.39 is 0 Å². The van der Waals surface area contributed by atoms with Crippen LogP contribution in [0.5, 0.6) is 0 Å². The van der Waals surface area contributed by atoms with Crippen LogP contribution < -0.4 is 4.90 Å². The van der Waals surface area contributed by atoms with Crippen molar-refractivity contribution < 1.29 is 0 Å². The fourth-order valence-corrected chi connectivity index (χ4v) is 4.33. The SMILES string of the molecule is CCN1CC(CC)(C(C)(C)C)c2c1ccc(Cl)c2Br. The molecule has 1 aliphatic heterocycles. The predicted octanol–water partition coefficient (Wildman–Crippen LogP) is 5.64. The van der Waals surface area contributed by atoms with Crippen molar-refractivity contribution in [3.63, 3.8) is 0 Å². The summed E-state index contributed by atoms with van der Waals surface area (Å²) in [5.41, 5.74) is 3.10. The number of halogens is 2. The molecule has 0 fully saturated rings. The molecule has 1 atom stereocenters. The Bertz CT molecular complexity index is 492. The van der Waals surface area contributed by atoms with Gasteiger partial charge in [-0.05, 0) is 52.4 Å². The first-order chi connectivity index (χ1) is 8.78. The lowest BCUT2D eigenvalue weighted by molar-refractivity contribution is 0.190. The van der Waals surface area contributed by atoms with Crippen LogP contribution in [0.3, 0.4) is 0 Å². The number of hydrogen-bond donors (Lipinski definition) is 0. The molecule has 19 heavy (non-hydrogen) atoms. The molecule has 0 saturated heterocycles. The molecule has 1 aromatic rings. The van der Waals surface area contributed by atoms with Crippen LogP contribution in [0.15, 0.2) is 16.6 Å². The molecule has 2 rings (SSSR count). The van der Waals surface area contributed by atoms with Crippen molar-refractivity contribution in [1.29, 1.82) is 0 Å². The monoisotopic (exact) mass is 343 g/mol. The second-order valence-electron chi connectivity index (χ2n) is 6.46. The molecule has 1 heterocycles. The molecular formula is C16H23BrClN. The number of hydrogen-bond acceptors (Lipinski definition) is 1. The lowest BCUT2D eigenvalue weighted by atomic mass is 9.62. The van der Waals surface area contributed by atoms with Gasteiger partial charge in [0, 0.05) is 28.7 Å². The molecule has 0 aromatic heterocycles. The first kappa shape index (κ1) is 15.2. The summed E-state index contributed by atoms with van der Waals surface area (Å²) in [5.74, 6) is 0. The van der Waals surface area contributed by atoms with Gasteiger partial charge in [0.1, 0.15) is 0 Å². The maximum absolute atomic E-state index is 6.35. The number of anilines is 1. The van der Waals surface area contributed by atoms with Gasteiger partial charge in [-0.15, -0.1) is 0 Å². The van der Waals surface area contributed by atoms with E-state index in [1.165, 1.54) is 11.3 Å². The second kappa shape index (κ2) is 4.96. The number of rotatable bonds is 2. The standard InChI is InChI=1S/C16H23BrClN/c1-6-16(15(3,4)5)10-19(7-2)12-9-8-11(18)14(17)13(12)16/h8-9H,6-7,10H2,1-5H3. The number of benzene rings is 1. The normalized spacial score (nSPS) is 22.8. The molecule has 1 nitrogen and oxygen atoms in total. The lowest BCUT2D eigenvalue weighted by Crippen LogP contribution is -2.44. The van der Waals surface area contributed by atoms with E-state index in [1.807, 2.05) is 6.07 Å². The van der Waals surface area contributed by atoms with Gasteiger partial charge in [-0.25, -0.2) is 0 Å². The Morgan fingerprint density at radius 3 is 2.42 bits per heavy atom. The minimum atomic E-state index is 0.155. The number of likely N-dealkylation sites (N-methyl/N-ethyl adjacent to an activating group) is 1. The fraction of sp³-hybridized carbons (Fsp3) is 0.625. The third-order valence-electron chi connectivity index (χ3n) is 4.77. The summed E-state index contributed by atoms with van der Waals surface area (Å²) in [6, 6.07) is 4.18. The maximum Gasteiger partial charge on any atom is 0.0552 e. The van der Waals surface area contributed by atoms with Crippen molar-refractivity contribution in [2.45, 2.75) is 46.5 Å². The Hall–Kier alpha value is -0.210. The number of fused-ring (bicyclic) bond motifs is 1. The average molecular weight is 345 g/mol. The zero-order valence-corrected chi connectivity index (χ0v) is 14.8. The van der Waals surface area contributed by atoms with Gasteiger partial charge in [0.05, 0.1) is 5.02 Å². The van der Waals surface area contributed by atoms with Crippen molar-refractivity contribution in [3.05, 3.63) is 27.2 Å². The maximum atomic E-state index is 6.35. The van der Waals surface area contributed by atoms with Gasteiger partial charge in [0.2, 0.25) is 0 Å². The Morgan fingerprint density at radius 2 is 1.95 bits per heavy atom. The predicted molar refractivity (Wildman–Crippen MR) is 88.5 cm³/mol. The molecule has 0 N–H and O–H groups in total. The van der Waals surface area contributed by atoms with E-state index in [0.717, 1.165) is 29.0 Å². The van der Waals surface area contributed by atoms with Crippen LogP contribution in [0.4, 0.5) is 5.69 Å². The van der Waals surface area contributed by atoms with Crippen molar-refractivity contribution in [3.8, 4) is 0 Å². The zero-order valence-electron chi connectivity index (χ0n) is 12.5. The molecule has 1 unspecified atom stereocenters. The Morgan fingerprint density at radius 1 is 1.32 bits per heavy atom. The van der Waals surface area contributed by atoms with Gasteiger partial charge < -0.3 is 4.90 Å². The lowest BCUT2D eigenvalue weighted by Gasteiger charge is -2.42. The molecule has 106 valence electrons. The Kier molecular flexibility index (Phi) is 3.97. The van der Waals surface area contributed by atoms with E-state index >= 15 is 0 Å². The minimum absolute atomic E-state index is 0.155. The van der Waals surface area contributed by atoms with Crippen molar-refractivity contribution in [2.24, 2.45) is 5.41 Å². The minimum Gasteiger partial charge on any atom is -0.371 e. The highest BCUT2D eigenvalue weighted by atomic mass is 79.9. The largest absolute Gasteiger partial charge is 0.371 e. The zero-order chi connectivity index (χ0) is 14.4. The smallest absolute Gasteiger partial charge is 0.0552 e. The van der Waals surface area contributed by atoms with Gasteiger partial charge in [-0.3, -0.25) is 0 Å². The van der Waals surface area contributed by atoms with Crippen molar-refractivity contribution in [1.82, 2.24) is 0 Å². The Labute approximate surface area is 130 Å². The summed E-state index contributed by atoms with van der Waals surface area (Å²) < 4.78 is 1.08. The molecule has 3 heteroatoms. The molecule has 0 saturated carbocycles. The third kappa shape index (κ3) is 2.12. The molecule has 0 aliphatic carbocycles. The average Bonchev–Trinajstić information content (AvgIpc) is 2.69. The van der Waals surface area contributed by atoms with E-state index in [9.17, 15) is 0 Å². The molecule has 0 spiro atoms. The van der Waals surface area contributed by atoms with Gasteiger partial charge >= 0.3 is 0 Å². The van der Waals surface area contributed by atoms with Crippen LogP contribution in [0, 0.1) is 5.41 Å². The first-order valence-electron chi connectivity index (χ1n) is 7.02. The van der Waals surface area contributed by atoms with E-state index in [-0.39, 0.29) is 10.8 Å². The molecule has 1 aromatic carbocycles. The topological polar surface area (TPSA) is 3.24 Å². The molecule has 0 amide bonds. The molecular weight excluding hydrogens is 322 g/mol. The van der Waals surface area contributed by atoms with Crippen LogP contribution >= 0.6 is 27.5 Å². The molecule has 0 radical (unpaired) electrons. The van der Waals surface area contributed by atoms with E-state index in [4.69, 9.17) is 11.6 Å². The summed E-state index contributed by atoms with van der Waals surface area (Å²) in [6.45, 7) is 13.7. The van der Waals surface area contributed by atoms with E-state index in [2.05, 4.69) is 61.5 Å². The van der Waals surface area contributed by atoms with Gasteiger partial charge in [0.25, 0.3) is 0 Å². The van der Waals surface area contributed by atoms with Crippen LogP contribution in [0.25, 0.3) is 0 Å². The van der Waals surface area contributed by atoms with Crippen molar-refractivity contribution in [2.75, 3.05) is 18.0 Å². The van der Waals surface area contributed by atoms with Crippen LogP contribution in [-0.2, 0) is 5.41 Å². The summed E-state index contributed by atoms with van der Waals surface area (Å²) in [4.78, 5) is 2.48. The van der Waals surface area contributed by atoms with Crippen LogP contribution in [-0.4, -0.2) is 13.1 Å². The summed E-state index contributed by atoms with van der Waals surface area (Å²) >= 11 is 10.1. The highest BCUT2D eigenvalue weighted by molar-refractivity contribution is 9.10. The van der Waals surface area contributed by atoms with E-state index in [0.29, 0.717) is 0 Å². The molecule has 0 bridgehead atoms.